The Balaban J connectivity index is 1.95. The Labute approximate surface area is 162 Å². The molecule has 0 atom stereocenters. The number of methoxy groups -OCH3 is 2. The van der Waals surface area contributed by atoms with Crippen molar-refractivity contribution in [1.82, 2.24) is 10.3 Å². The molecule has 0 unspecified atom stereocenters. The lowest BCUT2D eigenvalue weighted by Gasteiger charge is -2.09. The van der Waals surface area contributed by atoms with E-state index in [1.165, 1.54) is 14.2 Å². The number of anilines is 1. The predicted octanol–water partition coefficient (Wildman–Crippen LogP) is 3.85. The zero-order chi connectivity index (χ0) is 20.5. The Morgan fingerprint density at radius 1 is 1.18 bits per heavy atom. The number of ether oxygens (including phenoxy) is 2. The van der Waals surface area contributed by atoms with E-state index in [2.05, 4.69) is 4.98 Å². The summed E-state index contributed by atoms with van der Waals surface area (Å²) in [4.78, 5) is 17.0. The zero-order valence-electron chi connectivity index (χ0n) is 14.9. The number of nitrogens with one attached hydrogen (secondary N) is 1. The molecule has 0 aliphatic heterocycles. The number of fused-ring (bicyclic) bond motifs is 1. The molecule has 1 amide bonds. The summed E-state index contributed by atoms with van der Waals surface area (Å²) >= 11 is 0.938. The van der Waals surface area contributed by atoms with Crippen molar-refractivity contribution in [2.24, 2.45) is 0 Å². The first-order chi connectivity index (χ1) is 13.2. The molecule has 2 aromatic heterocycles. The molecule has 148 valence electrons. The van der Waals surface area contributed by atoms with E-state index in [0.717, 1.165) is 16.9 Å². The number of alkyl halides is 3. The second-order valence-corrected chi connectivity index (χ2v) is 6.76. The summed E-state index contributed by atoms with van der Waals surface area (Å²) in [5, 5.41) is 2.33. The molecular formula is C18H16F3N3O3S. The van der Waals surface area contributed by atoms with Gasteiger partial charge in [-0.05, 0) is 30.3 Å². The molecule has 0 saturated heterocycles. The van der Waals surface area contributed by atoms with Crippen LogP contribution in [0.1, 0.15) is 9.67 Å². The second-order valence-electron chi connectivity index (χ2n) is 5.76. The highest BCUT2D eigenvalue weighted by Crippen LogP contribution is 2.36. The van der Waals surface area contributed by atoms with E-state index in [-0.39, 0.29) is 10.6 Å². The first kappa shape index (κ1) is 19.7. The summed E-state index contributed by atoms with van der Waals surface area (Å²) in [6.45, 7) is -1.43. The van der Waals surface area contributed by atoms with E-state index in [9.17, 15) is 18.0 Å². The number of nitrogens with two attached hydrogens (primary N) is 1. The average molecular weight is 411 g/mol. The first-order valence-corrected chi connectivity index (χ1v) is 8.81. The van der Waals surface area contributed by atoms with Crippen LogP contribution >= 0.6 is 11.3 Å². The zero-order valence-corrected chi connectivity index (χ0v) is 15.7. The van der Waals surface area contributed by atoms with Gasteiger partial charge in [0.25, 0.3) is 5.91 Å². The highest BCUT2D eigenvalue weighted by atomic mass is 32.1. The van der Waals surface area contributed by atoms with E-state index >= 15 is 0 Å². The Morgan fingerprint density at radius 2 is 1.89 bits per heavy atom. The number of aromatic nitrogens is 1. The summed E-state index contributed by atoms with van der Waals surface area (Å²) < 4.78 is 47.4. The number of halogens is 3. The number of amides is 1. The molecule has 0 aliphatic carbocycles. The van der Waals surface area contributed by atoms with Crippen LogP contribution in [-0.4, -0.2) is 37.8 Å². The fourth-order valence-corrected chi connectivity index (χ4v) is 3.59. The molecule has 0 aliphatic rings. The van der Waals surface area contributed by atoms with Gasteiger partial charge in [0.1, 0.15) is 16.3 Å². The Kier molecular flexibility index (Phi) is 5.32. The molecular weight excluding hydrogens is 395 g/mol. The fraction of sp³-hybridized carbons (Fsp3) is 0.222. The molecule has 3 aromatic rings. The van der Waals surface area contributed by atoms with Crippen LogP contribution in [0, 0.1) is 0 Å². The monoisotopic (exact) mass is 411 g/mol. The number of hydrogen-bond donors (Lipinski definition) is 2. The maximum atomic E-state index is 12.3. The molecule has 3 N–H and O–H groups in total. The van der Waals surface area contributed by atoms with Crippen LogP contribution in [0.3, 0.4) is 0 Å². The normalized spacial score (nSPS) is 11.5. The average Bonchev–Trinajstić information content (AvgIpc) is 3.01. The molecule has 28 heavy (non-hydrogen) atoms. The van der Waals surface area contributed by atoms with Gasteiger partial charge >= 0.3 is 6.18 Å². The molecule has 3 rings (SSSR count). The third kappa shape index (κ3) is 3.96. The van der Waals surface area contributed by atoms with Crippen LogP contribution in [0.2, 0.25) is 0 Å². The highest BCUT2D eigenvalue weighted by molar-refractivity contribution is 7.21. The maximum absolute atomic E-state index is 12.3. The van der Waals surface area contributed by atoms with Crippen LogP contribution in [0.25, 0.3) is 21.5 Å². The van der Waals surface area contributed by atoms with Gasteiger partial charge < -0.3 is 20.5 Å². The van der Waals surface area contributed by atoms with E-state index in [1.54, 1.807) is 30.3 Å². The number of pyridine rings is 1. The van der Waals surface area contributed by atoms with Crippen LogP contribution in [0.4, 0.5) is 18.9 Å². The number of carbonyl (C=O) groups is 1. The van der Waals surface area contributed by atoms with Gasteiger partial charge in [-0.15, -0.1) is 11.3 Å². The summed E-state index contributed by atoms with van der Waals surface area (Å²) in [6.07, 6.45) is -4.50. The Bertz CT molecular complexity index is 1030. The van der Waals surface area contributed by atoms with Gasteiger partial charge in [0.2, 0.25) is 0 Å². The second kappa shape index (κ2) is 7.55. The van der Waals surface area contributed by atoms with Crippen molar-refractivity contribution in [2.75, 3.05) is 26.5 Å². The van der Waals surface area contributed by atoms with Gasteiger partial charge in [0, 0.05) is 10.9 Å². The lowest BCUT2D eigenvalue weighted by molar-refractivity contribution is -0.123. The first-order valence-electron chi connectivity index (χ1n) is 8.00. The number of carbonyl (C=O) groups excluding carboxylic acids is 1. The molecule has 0 fully saturated rings. The van der Waals surface area contributed by atoms with Crippen molar-refractivity contribution in [3.8, 4) is 22.8 Å². The summed E-state index contributed by atoms with van der Waals surface area (Å²) in [5.41, 5.74) is 7.39. The van der Waals surface area contributed by atoms with Crippen LogP contribution in [0.5, 0.6) is 11.5 Å². The van der Waals surface area contributed by atoms with Crippen LogP contribution in [0.15, 0.2) is 30.3 Å². The SMILES string of the molecule is COc1ccc(-c2ccc3c(N)c(C(=O)NCC(F)(F)F)sc3n2)cc1OC. The van der Waals surface area contributed by atoms with E-state index in [1.807, 2.05) is 5.32 Å². The van der Waals surface area contributed by atoms with Crippen molar-refractivity contribution in [2.45, 2.75) is 6.18 Å². The Morgan fingerprint density at radius 3 is 2.54 bits per heavy atom. The van der Waals surface area contributed by atoms with Crippen molar-refractivity contribution in [3.63, 3.8) is 0 Å². The number of hydrogen-bond acceptors (Lipinski definition) is 6. The third-order valence-corrected chi connectivity index (χ3v) is 5.04. The van der Waals surface area contributed by atoms with Crippen molar-refractivity contribution >= 4 is 33.1 Å². The highest BCUT2D eigenvalue weighted by Gasteiger charge is 2.29. The van der Waals surface area contributed by atoms with Gasteiger partial charge in [0.15, 0.2) is 11.5 Å². The third-order valence-electron chi connectivity index (χ3n) is 3.93. The molecule has 10 heteroatoms. The Hall–Kier alpha value is -3.01. The summed E-state index contributed by atoms with van der Waals surface area (Å²) in [5.74, 6) is 0.210. The van der Waals surface area contributed by atoms with Crippen LogP contribution < -0.4 is 20.5 Å². The quantitative estimate of drug-likeness (QED) is 0.666. The van der Waals surface area contributed by atoms with Gasteiger partial charge in [-0.2, -0.15) is 13.2 Å². The topological polar surface area (TPSA) is 86.5 Å². The fourth-order valence-electron chi connectivity index (χ4n) is 2.58. The number of nitrogen functional groups attached to an aromatic ring is 1. The lowest BCUT2D eigenvalue weighted by atomic mass is 10.1. The largest absolute Gasteiger partial charge is 0.493 e. The van der Waals surface area contributed by atoms with E-state index in [0.29, 0.717) is 27.4 Å². The number of benzene rings is 1. The molecule has 0 radical (unpaired) electrons. The van der Waals surface area contributed by atoms with E-state index < -0.39 is 18.6 Å². The van der Waals surface area contributed by atoms with E-state index in [4.69, 9.17) is 15.2 Å². The molecule has 0 spiro atoms. The summed E-state index contributed by atoms with van der Waals surface area (Å²) in [7, 11) is 3.05. The van der Waals surface area contributed by atoms with Gasteiger partial charge in [-0.3, -0.25) is 4.79 Å². The number of rotatable bonds is 5. The minimum Gasteiger partial charge on any atom is -0.493 e. The van der Waals surface area contributed by atoms with Gasteiger partial charge in [0.05, 0.1) is 25.6 Å². The number of thiophene rings is 1. The molecule has 0 bridgehead atoms. The lowest BCUT2D eigenvalue weighted by Crippen LogP contribution is -2.33. The minimum absolute atomic E-state index is 0.00351. The van der Waals surface area contributed by atoms with Gasteiger partial charge in [-0.1, -0.05) is 0 Å². The van der Waals surface area contributed by atoms with Crippen molar-refractivity contribution in [3.05, 3.63) is 35.2 Å². The van der Waals surface area contributed by atoms with Crippen molar-refractivity contribution < 1.29 is 27.4 Å². The van der Waals surface area contributed by atoms with Crippen molar-refractivity contribution in [1.29, 1.82) is 0 Å². The molecule has 1 aromatic carbocycles. The standard InChI is InChI=1S/C18H16F3N3O3S/c1-26-12-6-3-9(7-13(12)27-2)11-5-4-10-14(22)15(28-17(10)24-11)16(25)23-8-18(19,20)21/h3-7H,8,22H2,1-2H3,(H,23,25). The maximum Gasteiger partial charge on any atom is 0.405 e. The molecule has 6 nitrogen and oxygen atoms in total. The van der Waals surface area contributed by atoms with Gasteiger partial charge in [-0.25, -0.2) is 4.98 Å². The molecule has 0 saturated carbocycles. The smallest absolute Gasteiger partial charge is 0.405 e. The van der Waals surface area contributed by atoms with Crippen LogP contribution in [-0.2, 0) is 0 Å². The predicted molar refractivity (Wildman–Crippen MR) is 101 cm³/mol. The summed E-state index contributed by atoms with van der Waals surface area (Å²) in [6, 6.07) is 8.67. The minimum atomic E-state index is -4.50. The molecule has 2 heterocycles. The number of nitrogens with zero attached hydrogens (tertiary/aromatic N) is 1.